The first-order chi connectivity index (χ1) is 13.0. The highest BCUT2D eigenvalue weighted by Crippen LogP contribution is 2.29. The fourth-order valence-corrected chi connectivity index (χ4v) is 2.40. The summed E-state index contributed by atoms with van der Waals surface area (Å²) in [6, 6.07) is 11.5. The molecule has 0 bridgehead atoms. The van der Waals surface area contributed by atoms with E-state index >= 15 is 0 Å². The SMILES string of the molecule is C#CCOc1ccc(/C=C(\C#N)C(=O)Nc2ccc(Cl)c(Cl)c2)cc1OC. The Morgan fingerprint density at radius 3 is 2.63 bits per heavy atom. The monoisotopic (exact) mass is 400 g/mol. The third-order valence-corrected chi connectivity index (χ3v) is 4.09. The topological polar surface area (TPSA) is 71.3 Å². The normalized spacial score (nSPS) is 10.5. The van der Waals surface area contributed by atoms with Gasteiger partial charge in [-0.25, -0.2) is 0 Å². The number of rotatable bonds is 6. The van der Waals surface area contributed by atoms with E-state index in [1.807, 2.05) is 6.07 Å². The van der Waals surface area contributed by atoms with E-state index in [1.54, 1.807) is 30.3 Å². The Balaban J connectivity index is 2.24. The summed E-state index contributed by atoms with van der Waals surface area (Å²) in [5.74, 6) is 2.68. The minimum absolute atomic E-state index is 0.0968. The van der Waals surface area contributed by atoms with Gasteiger partial charge in [0.15, 0.2) is 11.5 Å². The molecule has 27 heavy (non-hydrogen) atoms. The van der Waals surface area contributed by atoms with E-state index in [4.69, 9.17) is 39.1 Å². The number of carbonyl (C=O) groups is 1. The number of amides is 1. The summed E-state index contributed by atoms with van der Waals surface area (Å²) in [4.78, 5) is 12.4. The van der Waals surface area contributed by atoms with Gasteiger partial charge in [-0.3, -0.25) is 4.79 Å². The average Bonchev–Trinajstić information content (AvgIpc) is 2.67. The molecule has 136 valence electrons. The third-order valence-electron chi connectivity index (χ3n) is 3.35. The Kier molecular flexibility index (Phi) is 7.14. The molecule has 0 saturated carbocycles. The van der Waals surface area contributed by atoms with Crippen LogP contribution >= 0.6 is 23.2 Å². The lowest BCUT2D eigenvalue weighted by Crippen LogP contribution is -2.13. The third kappa shape index (κ3) is 5.43. The molecule has 0 saturated heterocycles. The Morgan fingerprint density at radius 1 is 1.22 bits per heavy atom. The smallest absolute Gasteiger partial charge is 0.266 e. The fraction of sp³-hybridized carbons (Fsp3) is 0.100. The summed E-state index contributed by atoms with van der Waals surface area (Å²) in [7, 11) is 1.48. The van der Waals surface area contributed by atoms with Crippen LogP contribution < -0.4 is 14.8 Å². The second-order valence-electron chi connectivity index (χ2n) is 5.16. The molecule has 0 aliphatic rings. The van der Waals surface area contributed by atoms with Crippen molar-refractivity contribution in [1.29, 1.82) is 5.26 Å². The number of carbonyl (C=O) groups excluding carboxylic acids is 1. The molecule has 0 fully saturated rings. The lowest BCUT2D eigenvalue weighted by molar-refractivity contribution is -0.112. The number of methoxy groups -OCH3 is 1. The molecule has 0 aromatic heterocycles. The van der Waals surface area contributed by atoms with E-state index < -0.39 is 5.91 Å². The molecule has 0 aliphatic heterocycles. The summed E-state index contributed by atoms with van der Waals surface area (Å²) >= 11 is 11.8. The second-order valence-corrected chi connectivity index (χ2v) is 5.97. The van der Waals surface area contributed by atoms with Gasteiger partial charge in [-0.05, 0) is 42.0 Å². The minimum Gasteiger partial charge on any atom is -0.493 e. The Morgan fingerprint density at radius 2 is 2.00 bits per heavy atom. The number of nitrogens with zero attached hydrogens (tertiary/aromatic N) is 1. The van der Waals surface area contributed by atoms with Gasteiger partial charge in [0.25, 0.3) is 5.91 Å². The van der Waals surface area contributed by atoms with Crippen LogP contribution in [0.4, 0.5) is 5.69 Å². The Hall–Kier alpha value is -3.12. The van der Waals surface area contributed by atoms with Crippen LogP contribution in [0.1, 0.15) is 5.56 Å². The highest BCUT2D eigenvalue weighted by atomic mass is 35.5. The number of terminal acetylenes is 1. The van der Waals surface area contributed by atoms with Crippen molar-refractivity contribution in [2.45, 2.75) is 0 Å². The number of anilines is 1. The summed E-state index contributed by atoms with van der Waals surface area (Å²) in [6.07, 6.45) is 6.61. The van der Waals surface area contributed by atoms with Gasteiger partial charge in [-0.15, -0.1) is 6.42 Å². The summed E-state index contributed by atoms with van der Waals surface area (Å²) in [6.45, 7) is 0.0983. The number of hydrogen-bond donors (Lipinski definition) is 1. The summed E-state index contributed by atoms with van der Waals surface area (Å²) in [5, 5.41) is 12.6. The van der Waals surface area contributed by atoms with Crippen LogP contribution in [0.15, 0.2) is 42.0 Å². The minimum atomic E-state index is -0.581. The summed E-state index contributed by atoms with van der Waals surface area (Å²) < 4.78 is 10.6. The van der Waals surface area contributed by atoms with Gasteiger partial charge in [-0.1, -0.05) is 35.2 Å². The second kappa shape index (κ2) is 9.54. The van der Waals surface area contributed by atoms with Crippen molar-refractivity contribution in [3.8, 4) is 29.9 Å². The fourth-order valence-electron chi connectivity index (χ4n) is 2.10. The molecule has 7 heteroatoms. The number of ether oxygens (including phenoxy) is 2. The highest BCUT2D eigenvalue weighted by molar-refractivity contribution is 6.42. The molecular formula is C20H14Cl2N2O3. The lowest BCUT2D eigenvalue weighted by Gasteiger charge is -2.09. The molecule has 2 aromatic carbocycles. The standard InChI is InChI=1S/C20H14Cl2N2O3/c1-3-8-27-18-7-4-13(10-19(18)26-2)9-14(12-23)20(25)24-15-5-6-16(21)17(22)11-15/h1,4-7,9-11H,8H2,2H3,(H,24,25)/b14-9+. The van der Waals surface area contributed by atoms with Crippen LogP contribution in [0.2, 0.25) is 10.0 Å². The van der Waals surface area contributed by atoms with E-state index in [2.05, 4.69) is 11.2 Å². The average molecular weight is 401 g/mol. The van der Waals surface area contributed by atoms with Crippen LogP contribution in [0.25, 0.3) is 6.08 Å². The maximum Gasteiger partial charge on any atom is 0.266 e. The molecular weight excluding hydrogens is 387 g/mol. The molecule has 1 N–H and O–H groups in total. The molecule has 0 atom stereocenters. The van der Waals surface area contributed by atoms with Crippen LogP contribution in [0.3, 0.4) is 0 Å². The molecule has 1 amide bonds. The molecule has 0 heterocycles. The molecule has 2 aromatic rings. The van der Waals surface area contributed by atoms with Crippen molar-refractivity contribution in [3.63, 3.8) is 0 Å². The van der Waals surface area contributed by atoms with E-state index in [9.17, 15) is 10.1 Å². The van der Waals surface area contributed by atoms with Gasteiger partial charge in [0.05, 0.1) is 17.2 Å². The largest absolute Gasteiger partial charge is 0.493 e. The number of hydrogen-bond acceptors (Lipinski definition) is 4. The predicted molar refractivity (Wildman–Crippen MR) is 106 cm³/mol. The molecule has 0 unspecified atom stereocenters. The lowest BCUT2D eigenvalue weighted by atomic mass is 10.1. The summed E-state index contributed by atoms with van der Waals surface area (Å²) in [5.41, 5.74) is 0.910. The van der Waals surface area contributed by atoms with Gasteiger partial charge in [0, 0.05) is 5.69 Å². The number of benzene rings is 2. The zero-order chi connectivity index (χ0) is 19.8. The molecule has 5 nitrogen and oxygen atoms in total. The quantitative estimate of drug-likeness (QED) is 0.438. The zero-order valence-corrected chi connectivity index (χ0v) is 15.8. The van der Waals surface area contributed by atoms with Crippen molar-refractivity contribution >= 4 is 40.9 Å². The van der Waals surface area contributed by atoms with Crippen molar-refractivity contribution < 1.29 is 14.3 Å². The van der Waals surface area contributed by atoms with Crippen molar-refractivity contribution in [3.05, 3.63) is 57.6 Å². The number of halogens is 2. The maximum atomic E-state index is 12.4. The Labute approximate surface area is 167 Å². The maximum absolute atomic E-state index is 12.4. The van der Waals surface area contributed by atoms with E-state index in [0.29, 0.717) is 32.8 Å². The van der Waals surface area contributed by atoms with Gasteiger partial charge >= 0.3 is 0 Å². The zero-order valence-electron chi connectivity index (χ0n) is 14.3. The van der Waals surface area contributed by atoms with E-state index in [-0.39, 0.29) is 12.2 Å². The number of nitriles is 1. The van der Waals surface area contributed by atoms with Crippen molar-refractivity contribution in [2.75, 3.05) is 19.0 Å². The van der Waals surface area contributed by atoms with Gasteiger partial charge < -0.3 is 14.8 Å². The highest BCUT2D eigenvalue weighted by Gasteiger charge is 2.12. The molecule has 0 radical (unpaired) electrons. The number of nitrogens with one attached hydrogen (secondary N) is 1. The molecule has 0 spiro atoms. The van der Waals surface area contributed by atoms with E-state index in [0.717, 1.165) is 0 Å². The van der Waals surface area contributed by atoms with Gasteiger partial charge in [0.2, 0.25) is 0 Å². The van der Waals surface area contributed by atoms with E-state index in [1.165, 1.54) is 19.3 Å². The van der Waals surface area contributed by atoms with Gasteiger partial charge in [-0.2, -0.15) is 5.26 Å². The van der Waals surface area contributed by atoms with Crippen LogP contribution in [-0.2, 0) is 4.79 Å². The van der Waals surface area contributed by atoms with Crippen LogP contribution in [0, 0.1) is 23.7 Å². The predicted octanol–water partition coefficient (Wildman–Crippen LogP) is 4.56. The van der Waals surface area contributed by atoms with Crippen molar-refractivity contribution in [2.24, 2.45) is 0 Å². The first-order valence-corrected chi connectivity index (χ1v) is 8.36. The van der Waals surface area contributed by atoms with Crippen LogP contribution in [-0.4, -0.2) is 19.6 Å². The first kappa shape index (κ1) is 20.2. The molecule has 2 rings (SSSR count). The van der Waals surface area contributed by atoms with Crippen molar-refractivity contribution in [1.82, 2.24) is 0 Å². The Bertz CT molecular complexity index is 972. The van der Waals surface area contributed by atoms with Gasteiger partial charge in [0.1, 0.15) is 18.2 Å². The van der Waals surface area contributed by atoms with Crippen LogP contribution in [0.5, 0.6) is 11.5 Å². The first-order valence-electron chi connectivity index (χ1n) is 7.61. The molecule has 0 aliphatic carbocycles.